The van der Waals surface area contributed by atoms with Crippen molar-refractivity contribution in [1.29, 1.82) is 0 Å². The number of carboxylic acid groups (broad SMARTS) is 1. The van der Waals surface area contributed by atoms with Gasteiger partial charge in [-0.2, -0.15) is 0 Å². The lowest BCUT2D eigenvalue weighted by atomic mass is 9.91. The van der Waals surface area contributed by atoms with E-state index in [0.717, 1.165) is 44.7 Å². The summed E-state index contributed by atoms with van der Waals surface area (Å²) in [6.07, 6.45) is 0.596. The van der Waals surface area contributed by atoms with Crippen LogP contribution in [0, 0.1) is 5.41 Å². The Bertz CT molecular complexity index is 775. The molecule has 32 heavy (non-hydrogen) atoms. The van der Waals surface area contributed by atoms with Crippen molar-refractivity contribution in [3.63, 3.8) is 0 Å². The Morgan fingerprint density at radius 2 is 1.88 bits per heavy atom. The van der Waals surface area contributed by atoms with E-state index >= 15 is 0 Å². The van der Waals surface area contributed by atoms with Gasteiger partial charge in [-0.1, -0.05) is 50.0 Å². The van der Waals surface area contributed by atoms with Crippen LogP contribution in [0.1, 0.15) is 51.5 Å². The highest BCUT2D eigenvalue weighted by Crippen LogP contribution is 2.31. The highest BCUT2D eigenvalue weighted by molar-refractivity contribution is 6.42. The number of hydrogen-bond acceptors (Lipinski definition) is 3. The number of carbonyl (C=O) groups is 1. The summed E-state index contributed by atoms with van der Waals surface area (Å²) in [5.41, 5.74) is 0.889. The Morgan fingerprint density at radius 1 is 1.22 bits per heavy atom. The third kappa shape index (κ3) is 7.21. The summed E-state index contributed by atoms with van der Waals surface area (Å²) in [6, 6.07) is 6.12. The zero-order chi connectivity index (χ0) is 23.5. The Balaban J connectivity index is 1.61. The third-order valence-electron chi connectivity index (χ3n) is 6.50. The highest BCUT2D eigenvalue weighted by atomic mass is 35.5. The maximum absolute atomic E-state index is 13.4. The van der Waals surface area contributed by atoms with Crippen molar-refractivity contribution in [2.75, 3.05) is 45.8 Å². The normalized spacial score (nSPS) is 20.2. The molecule has 180 valence electrons. The number of nitrogens with zero attached hydrogens (tertiary/aromatic N) is 3. The van der Waals surface area contributed by atoms with Crippen molar-refractivity contribution < 1.29 is 14.3 Å². The minimum atomic E-state index is -0.898. The van der Waals surface area contributed by atoms with E-state index in [2.05, 4.69) is 9.80 Å². The molecule has 0 saturated carbocycles. The second-order valence-electron chi connectivity index (χ2n) is 10.5. The van der Waals surface area contributed by atoms with Crippen molar-refractivity contribution >= 4 is 29.3 Å². The average molecular weight is 488 g/mol. The van der Waals surface area contributed by atoms with Crippen LogP contribution >= 0.6 is 23.2 Å². The largest absolute Gasteiger partial charge is 0.465 e. The van der Waals surface area contributed by atoms with Crippen LogP contribution in [0.25, 0.3) is 0 Å². The monoisotopic (exact) mass is 487 g/mol. The molecule has 5 nitrogen and oxygen atoms in total. The van der Waals surface area contributed by atoms with Gasteiger partial charge in [0, 0.05) is 51.2 Å². The third-order valence-corrected chi connectivity index (χ3v) is 7.24. The van der Waals surface area contributed by atoms with E-state index in [1.165, 1.54) is 4.90 Å². The molecule has 2 saturated heterocycles. The van der Waals surface area contributed by atoms with E-state index in [0.29, 0.717) is 42.0 Å². The van der Waals surface area contributed by atoms with Gasteiger partial charge in [0.25, 0.3) is 0 Å². The zero-order valence-electron chi connectivity index (χ0n) is 19.4. The second kappa shape index (κ2) is 10.9. The van der Waals surface area contributed by atoms with Gasteiger partial charge >= 0.3 is 6.09 Å². The van der Waals surface area contributed by atoms with Gasteiger partial charge in [-0.25, -0.2) is 9.18 Å². The molecule has 3 rings (SSSR count). The van der Waals surface area contributed by atoms with Crippen LogP contribution in [-0.4, -0.2) is 83.9 Å². The second-order valence-corrected chi connectivity index (χ2v) is 11.3. The summed E-state index contributed by atoms with van der Waals surface area (Å²) in [7, 11) is 0. The fourth-order valence-corrected chi connectivity index (χ4v) is 5.01. The lowest BCUT2D eigenvalue weighted by Crippen LogP contribution is -2.61. The number of halogens is 3. The molecule has 2 fully saturated rings. The van der Waals surface area contributed by atoms with Gasteiger partial charge in [-0.05, 0) is 48.9 Å². The van der Waals surface area contributed by atoms with Gasteiger partial charge in [-0.3, -0.25) is 4.90 Å². The Labute approximate surface area is 201 Å². The number of benzene rings is 1. The van der Waals surface area contributed by atoms with Crippen LogP contribution in [0.5, 0.6) is 0 Å². The fourth-order valence-electron chi connectivity index (χ4n) is 4.71. The number of alkyl halides is 1. The molecule has 0 bridgehead atoms. The van der Waals surface area contributed by atoms with E-state index in [4.69, 9.17) is 23.2 Å². The lowest BCUT2D eigenvalue weighted by molar-refractivity contribution is 0.00851. The smallest absolute Gasteiger partial charge is 0.407 e. The fraction of sp³-hybridized carbons (Fsp3) is 0.708. The summed E-state index contributed by atoms with van der Waals surface area (Å²) in [5.74, 6) is 0.0320. The van der Waals surface area contributed by atoms with Crippen molar-refractivity contribution in [2.24, 2.45) is 5.41 Å². The Morgan fingerprint density at radius 3 is 2.44 bits per heavy atom. The molecule has 1 aromatic carbocycles. The molecule has 2 aliphatic rings. The van der Waals surface area contributed by atoms with Gasteiger partial charge in [0.1, 0.15) is 6.17 Å². The minimum absolute atomic E-state index is 0.0320. The molecule has 1 atom stereocenters. The first kappa shape index (κ1) is 25.5. The molecule has 0 aromatic heterocycles. The average Bonchev–Trinajstić information content (AvgIpc) is 2.67. The standard InChI is InChI=1S/C24H36Cl2FN3O2/c1-24(2,3)16-30(23(31)32)13-18(17-4-5-21(25)22(26)12-17)6-9-28-14-20(15-28)29-10-7-19(27)8-11-29/h4-5,12,18-20H,6-11,13-16H2,1-3H3,(H,31,32)/t18-/m1/s1. The zero-order valence-corrected chi connectivity index (χ0v) is 20.9. The molecular weight excluding hydrogens is 452 g/mol. The first-order valence-corrected chi connectivity index (χ1v) is 12.3. The number of hydrogen-bond donors (Lipinski definition) is 1. The number of piperidine rings is 1. The van der Waals surface area contributed by atoms with Crippen LogP contribution in [0.4, 0.5) is 9.18 Å². The van der Waals surface area contributed by atoms with E-state index in [-0.39, 0.29) is 11.3 Å². The molecule has 1 amide bonds. The predicted molar refractivity (Wildman–Crippen MR) is 129 cm³/mol. The van der Waals surface area contributed by atoms with Crippen molar-refractivity contribution in [3.8, 4) is 0 Å². The van der Waals surface area contributed by atoms with Gasteiger partial charge in [0.2, 0.25) is 0 Å². The van der Waals surface area contributed by atoms with Gasteiger partial charge in [-0.15, -0.1) is 0 Å². The van der Waals surface area contributed by atoms with E-state index in [1.54, 1.807) is 6.07 Å². The molecule has 8 heteroatoms. The SMILES string of the molecule is CC(C)(C)CN(C[C@@H](CCN1CC(N2CCC(F)CC2)C1)c1ccc(Cl)c(Cl)c1)C(=O)O. The maximum Gasteiger partial charge on any atom is 0.407 e. The summed E-state index contributed by atoms with van der Waals surface area (Å²) in [6.45, 7) is 11.6. The Hall–Kier alpha value is -1.08. The van der Waals surface area contributed by atoms with Gasteiger partial charge in [0.15, 0.2) is 0 Å². The molecule has 0 aliphatic carbocycles. The van der Waals surface area contributed by atoms with Crippen molar-refractivity contribution in [2.45, 2.75) is 58.2 Å². The van der Waals surface area contributed by atoms with Crippen molar-refractivity contribution in [3.05, 3.63) is 33.8 Å². The minimum Gasteiger partial charge on any atom is -0.465 e. The molecular formula is C24H36Cl2FN3O2. The van der Waals surface area contributed by atoms with Crippen LogP contribution in [0.2, 0.25) is 10.0 Å². The van der Waals surface area contributed by atoms with Gasteiger partial charge < -0.3 is 14.9 Å². The molecule has 1 aromatic rings. The Kier molecular flexibility index (Phi) is 8.70. The molecule has 0 spiro atoms. The highest BCUT2D eigenvalue weighted by Gasteiger charge is 2.34. The van der Waals surface area contributed by atoms with Crippen LogP contribution < -0.4 is 0 Å². The summed E-state index contributed by atoms with van der Waals surface area (Å²) in [5, 5.41) is 10.8. The molecule has 2 heterocycles. The number of likely N-dealkylation sites (tertiary alicyclic amines) is 2. The van der Waals surface area contributed by atoms with Crippen LogP contribution in [-0.2, 0) is 0 Å². The summed E-state index contributed by atoms with van der Waals surface area (Å²) < 4.78 is 13.4. The van der Waals surface area contributed by atoms with Crippen LogP contribution in [0.3, 0.4) is 0 Å². The molecule has 1 N–H and O–H groups in total. The van der Waals surface area contributed by atoms with E-state index in [1.807, 2.05) is 32.9 Å². The summed E-state index contributed by atoms with van der Waals surface area (Å²) in [4.78, 5) is 18.3. The molecule has 0 radical (unpaired) electrons. The molecule has 2 aliphatic heterocycles. The molecule has 0 unspecified atom stereocenters. The van der Waals surface area contributed by atoms with Gasteiger partial charge in [0.05, 0.1) is 10.0 Å². The summed E-state index contributed by atoms with van der Waals surface area (Å²) >= 11 is 12.4. The number of rotatable bonds is 8. The first-order valence-electron chi connectivity index (χ1n) is 11.5. The maximum atomic E-state index is 13.4. The topological polar surface area (TPSA) is 47.0 Å². The predicted octanol–water partition coefficient (Wildman–Crippen LogP) is 5.61. The van der Waals surface area contributed by atoms with Crippen molar-refractivity contribution in [1.82, 2.24) is 14.7 Å². The number of amides is 1. The first-order chi connectivity index (χ1) is 15.0. The lowest BCUT2D eigenvalue weighted by Gasteiger charge is -2.47. The van der Waals surface area contributed by atoms with E-state index < -0.39 is 12.3 Å². The van der Waals surface area contributed by atoms with E-state index in [9.17, 15) is 14.3 Å². The quantitative estimate of drug-likeness (QED) is 0.517. The van der Waals surface area contributed by atoms with Crippen LogP contribution in [0.15, 0.2) is 18.2 Å².